The molecular formula is C21H21F3N8. The highest BCUT2D eigenvalue weighted by Crippen LogP contribution is 2.32. The Morgan fingerprint density at radius 1 is 1.09 bits per heavy atom. The summed E-state index contributed by atoms with van der Waals surface area (Å²) in [5.41, 5.74) is 1.67. The van der Waals surface area contributed by atoms with E-state index in [1.807, 2.05) is 6.20 Å². The second kappa shape index (κ2) is 7.59. The minimum atomic E-state index is -4.44. The molecule has 32 heavy (non-hydrogen) atoms. The predicted molar refractivity (Wildman–Crippen MR) is 112 cm³/mol. The summed E-state index contributed by atoms with van der Waals surface area (Å²) in [6, 6.07) is 4.27. The zero-order valence-electron chi connectivity index (χ0n) is 17.4. The van der Waals surface area contributed by atoms with Gasteiger partial charge in [0.05, 0.1) is 35.4 Å². The summed E-state index contributed by atoms with van der Waals surface area (Å²) in [7, 11) is 0. The lowest BCUT2D eigenvalue weighted by molar-refractivity contribution is -0.137. The molecule has 1 fully saturated rings. The van der Waals surface area contributed by atoms with E-state index in [0.29, 0.717) is 29.5 Å². The minimum Gasteiger partial charge on any atom is -0.335 e. The van der Waals surface area contributed by atoms with Gasteiger partial charge < -0.3 is 10.2 Å². The topological polar surface area (TPSA) is 87.0 Å². The lowest BCUT2D eigenvalue weighted by Gasteiger charge is -2.43. The van der Waals surface area contributed by atoms with E-state index < -0.39 is 11.7 Å². The maximum Gasteiger partial charge on any atom is 0.417 e. The number of rotatable bonds is 3. The molecule has 11 heteroatoms. The molecule has 0 aromatic carbocycles. The first-order chi connectivity index (χ1) is 15.3. The molecule has 0 aliphatic carbocycles. The number of H-pyrrole nitrogens is 1. The normalized spacial score (nSPS) is 21.9. The van der Waals surface area contributed by atoms with Crippen molar-refractivity contribution >= 4 is 11.6 Å². The van der Waals surface area contributed by atoms with E-state index in [-0.39, 0.29) is 18.1 Å². The van der Waals surface area contributed by atoms with Crippen LogP contribution in [0.3, 0.4) is 0 Å². The maximum absolute atomic E-state index is 13.2. The van der Waals surface area contributed by atoms with Gasteiger partial charge >= 0.3 is 6.18 Å². The van der Waals surface area contributed by atoms with Gasteiger partial charge in [-0.15, -0.1) is 0 Å². The molecule has 0 spiro atoms. The predicted octanol–water partition coefficient (Wildman–Crippen LogP) is 3.46. The molecule has 4 aromatic heterocycles. The van der Waals surface area contributed by atoms with Gasteiger partial charge in [0.15, 0.2) is 0 Å². The van der Waals surface area contributed by atoms with E-state index in [1.165, 1.54) is 16.7 Å². The van der Waals surface area contributed by atoms with Crippen LogP contribution in [0.5, 0.6) is 0 Å². The van der Waals surface area contributed by atoms with E-state index in [1.54, 1.807) is 18.5 Å². The number of hydrogen-bond acceptors (Lipinski definition) is 6. The third-order valence-electron chi connectivity index (χ3n) is 5.78. The summed E-state index contributed by atoms with van der Waals surface area (Å²) in [6.45, 7) is 4.85. The van der Waals surface area contributed by atoms with Crippen LogP contribution in [-0.2, 0) is 6.18 Å². The second-order valence-electron chi connectivity index (χ2n) is 8.00. The molecule has 0 saturated carbocycles. The number of pyridine rings is 1. The smallest absolute Gasteiger partial charge is 0.335 e. The van der Waals surface area contributed by atoms with Crippen LogP contribution in [0.1, 0.15) is 31.0 Å². The summed E-state index contributed by atoms with van der Waals surface area (Å²) < 4.78 is 41.1. The van der Waals surface area contributed by atoms with Crippen LogP contribution in [0.2, 0.25) is 0 Å². The van der Waals surface area contributed by atoms with Crippen LogP contribution >= 0.6 is 0 Å². The first kappa shape index (κ1) is 20.4. The molecular weight excluding hydrogens is 421 g/mol. The SMILES string of the molecule is C[C@H]1CN(c2nccc(-c3cnc4ccc(C(F)(F)F)cn34)n2)[C@@H](C)C(c2cn[nH]c2)N1. The van der Waals surface area contributed by atoms with E-state index in [9.17, 15) is 13.2 Å². The zero-order chi connectivity index (χ0) is 22.5. The van der Waals surface area contributed by atoms with Gasteiger partial charge in [0.2, 0.25) is 5.95 Å². The van der Waals surface area contributed by atoms with Gasteiger partial charge in [-0.05, 0) is 32.0 Å². The Balaban J connectivity index is 1.52. The van der Waals surface area contributed by atoms with Gasteiger partial charge in [-0.3, -0.25) is 9.50 Å². The standard InChI is InChI=1S/C21H21F3N8/c1-12-10-31(13(2)19(29-12)14-7-27-28-8-14)20-25-6-5-16(30-20)17-9-26-18-4-3-15(11-32(17)18)21(22,23)24/h3-9,11-13,19,29H,10H2,1-2H3,(H,27,28)/t12-,13-,19?/m0/s1. The summed E-state index contributed by atoms with van der Waals surface area (Å²) in [4.78, 5) is 15.5. The number of aromatic amines is 1. The third kappa shape index (κ3) is 3.58. The zero-order valence-corrected chi connectivity index (χ0v) is 17.4. The fourth-order valence-corrected chi connectivity index (χ4v) is 4.18. The van der Waals surface area contributed by atoms with Crippen molar-refractivity contribution in [3.8, 4) is 11.4 Å². The van der Waals surface area contributed by atoms with Gasteiger partial charge in [-0.25, -0.2) is 15.0 Å². The number of nitrogens with zero attached hydrogens (tertiary/aromatic N) is 6. The maximum atomic E-state index is 13.2. The number of alkyl halides is 3. The number of halogens is 3. The van der Waals surface area contributed by atoms with Crippen molar-refractivity contribution in [1.82, 2.24) is 34.9 Å². The van der Waals surface area contributed by atoms with Crippen LogP contribution in [0, 0.1) is 0 Å². The molecule has 3 atom stereocenters. The van der Waals surface area contributed by atoms with Crippen LogP contribution in [0.4, 0.5) is 19.1 Å². The quantitative estimate of drug-likeness (QED) is 0.505. The average Bonchev–Trinajstić information content (AvgIpc) is 3.44. The highest BCUT2D eigenvalue weighted by molar-refractivity contribution is 5.61. The Morgan fingerprint density at radius 3 is 2.69 bits per heavy atom. The average molecular weight is 442 g/mol. The molecule has 1 aliphatic rings. The Kier molecular flexibility index (Phi) is 4.85. The van der Waals surface area contributed by atoms with Crippen LogP contribution < -0.4 is 10.2 Å². The molecule has 1 saturated heterocycles. The molecule has 5 rings (SSSR count). The molecule has 1 aliphatic heterocycles. The number of aromatic nitrogens is 6. The number of fused-ring (bicyclic) bond motifs is 1. The second-order valence-corrected chi connectivity index (χ2v) is 8.00. The fraction of sp³-hybridized carbons (Fsp3) is 0.333. The molecule has 1 unspecified atom stereocenters. The van der Waals surface area contributed by atoms with Gasteiger partial charge in [-0.2, -0.15) is 18.3 Å². The van der Waals surface area contributed by atoms with Gasteiger partial charge in [0.1, 0.15) is 5.65 Å². The van der Waals surface area contributed by atoms with E-state index in [2.05, 4.69) is 44.2 Å². The Labute approximate surface area is 181 Å². The lowest BCUT2D eigenvalue weighted by atomic mass is 9.97. The summed E-state index contributed by atoms with van der Waals surface area (Å²) in [6.07, 6.45) is 3.40. The molecule has 0 amide bonds. The number of hydrogen-bond donors (Lipinski definition) is 2. The summed E-state index contributed by atoms with van der Waals surface area (Å²) >= 11 is 0. The number of piperazine rings is 1. The molecule has 8 nitrogen and oxygen atoms in total. The molecule has 4 aromatic rings. The van der Waals surface area contributed by atoms with E-state index in [4.69, 9.17) is 4.98 Å². The molecule has 2 N–H and O–H groups in total. The van der Waals surface area contributed by atoms with Crippen molar-refractivity contribution in [2.45, 2.75) is 38.1 Å². The lowest BCUT2D eigenvalue weighted by Crippen LogP contribution is -2.56. The van der Waals surface area contributed by atoms with Crippen molar-refractivity contribution in [1.29, 1.82) is 0 Å². The number of imidazole rings is 1. The fourth-order valence-electron chi connectivity index (χ4n) is 4.18. The number of nitrogens with one attached hydrogen (secondary N) is 2. The van der Waals surface area contributed by atoms with Crippen molar-refractivity contribution in [2.24, 2.45) is 0 Å². The molecule has 0 bridgehead atoms. The molecule has 5 heterocycles. The van der Waals surface area contributed by atoms with E-state index in [0.717, 1.165) is 17.8 Å². The first-order valence-corrected chi connectivity index (χ1v) is 10.2. The monoisotopic (exact) mass is 442 g/mol. The van der Waals surface area contributed by atoms with E-state index >= 15 is 0 Å². The molecule has 0 radical (unpaired) electrons. The van der Waals surface area contributed by atoms with Gasteiger partial charge in [-0.1, -0.05) is 0 Å². The van der Waals surface area contributed by atoms with Crippen molar-refractivity contribution in [3.05, 3.63) is 60.3 Å². The Bertz CT molecular complexity index is 1230. The minimum absolute atomic E-state index is 0.0231. The Hall–Kier alpha value is -3.47. The van der Waals surface area contributed by atoms with Crippen molar-refractivity contribution < 1.29 is 13.2 Å². The van der Waals surface area contributed by atoms with Gasteiger partial charge in [0, 0.05) is 42.8 Å². The largest absolute Gasteiger partial charge is 0.417 e. The van der Waals surface area contributed by atoms with Crippen molar-refractivity contribution in [3.63, 3.8) is 0 Å². The summed E-state index contributed by atoms with van der Waals surface area (Å²) in [5, 5.41) is 10.5. The third-order valence-corrected chi connectivity index (χ3v) is 5.78. The van der Waals surface area contributed by atoms with Crippen LogP contribution in [0.15, 0.2) is 49.2 Å². The number of anilines is 1. The van der Waals surface area contributed by atoms with Crippen LogP contribution in [-0.4, -0.2) is 48.2 Å². The first-order valence-electron chi connectivity index (χ1n) is 10.2. The van der Waals surface area contributed by atoms with Crippen molar-refractivity contribution in [2.75, 3.05) is 11.4 Å². The highest BCUT2D eigenvalue weighted by Gasteiger charge is 2.34. The highest BCUT2D eigenvalue weighted by atomic mass is 19.4. The molecule has 166 valence electrons. The summed E-state index contributed by atoms with van der Waals surface area (Å²) in [5.74, 6) is 0.513. The van der Waals surface area contributed by atoms with Gasteiger partial charge in [0.25, 0.3) is 0 Å². The van der Waals surface area contributed by atoms with Crippen LogP contribution in [0.25, 0.3) is 17.0 Å². The Morgan fingerprint density at radius 2 is 1.94 bits per heavy atom.